The van der Waals surface area contributed by atoms with Crippen LogP contribution in [0.3, 0.4) is 0 Å². The van der Waals surface area contributed by atoms with Crippen LogP contribution in [0.2, 0.25) is 0 Å². The molecule has 1 aliphatic heterocycles. The number of piperidine rings is 1. The zero-order valence-corrected chi connectivity index (χ0v) is 18.5. The Morgan fingerprint density at radius 1 is 1.10 bits per heavy atom. The molecular weight excluding hydrogens is 394 g/mol. The van der Waals surface area contributed by atoms with E-state index >= 15 is 0 Å². The first-order valence-electron chi connectivity index (χ1n) is 11.0. The van der Waals surface area contributed by atoms with Gasteiger partial charge in [0.1, 0.15) is 0 Å². The highest BCUT2D eigenvalue weighted by atomic mass is 16.6. The lowest BCUT2D eigenvalue weighted by molar-refractivity contribution is 0.0440. The largest absolute Gasteiger partial charge is 0.449 e. The Kier molecular flexibility index (Phi) is 6.03. The van der Waals surface area contributed by atoms with Crippen LogP contribution in [0.25, 0.3) is 11.3 Å². The summed E-state index contributed by atoms with van der Waals surface area (Å²) in [5.74, 6) is 0.754. The lowest BCUT2D eigenvalue weighted by Gasteiger charge is -2.38. The van der Waals surface area contributed by atoms with E-state index in [2.05, 4.69) is 9.88 Å². The van der Waals surface area contributed by atoms with Gasteiger partial charge in [-0.05, 0) is 43.2 Å². The second-order valence-electron chi connectivity index (χ2n) is 9.72. The van der Waals surface area contributed by atoms with Crippen molar-refractivity contribution in [1.82, 2.24) is 14.8 Å². The molecule has 2 amide bonds. The maximum Gasteiger partial charge on any atom is 0.409 e. The maximum atomic E-state index is 13.3. The average molecular weight is 426 g/mol. The smallest absolute Gasteiger partial charge is 0.409 e. The minimum Gasteiger partial charge on any atom is -0.449 e. The predicted octanol–water partition coefficient (Wildman–Crippen LogP) is 4.59. The van der Waals surface area contributed by atoms with Crippen LogP contribution >= 0.6 is 0 Å². The zero-order chi connectivity index (χ0) is 22.0. The third kappa shape index (κ3) is 5.27. The van der Waals surface area contributed by atoms with Crippen molar-refractivity contribution in [2.45, 2.75) is 58.5 Å². The molecule has 7 heteroatoms. The van der Waals surface area contributed by atoms with E-state index in [0.29, 0.717) is 37.1 Å². The Morgan fingerprint density at radius 2 is 1.74 bits per heavy atom. The van der Waals surface area contributed by atoms with Crippen LogP contribution in [0, 0.1) is 5.41 Å². The molecule has 31 heavy (non-hydrogen) atoms. The molecule has 0 spiro atoms. The van der Waals surface area contributed by atoms with E-state index in [1.54, 1.807) is 11.1 Å². The van der Waals surface area contributed by atoms with Gasteiger partial charge in [-0.3, -0.25) is 4.79 Å². The molecule has 0 unspecified atom stereocenters. The number of oxazole rings is 1. The fourth-order valence-corrected chi connectivity index (χ4v) is 3.96. The van der Waals surface area contributed by atoms with Gasteiger partial charge < -0.3 is 19.0 Å². The summed E-state index contributed by atoms with van der Waals surface area (Å²) >= 11 is 0. The number of benzene rings is 1. The normalized spacial score (nSPS) is 17.5. The van der Waals surface area contributed by atoms with Crippen molar-refractivity contribution in [2.24, 2.45) is 5.41 Å². The van der Waals surface area contributed by atoms with Gasteiger partial charge >= 0.3 is 6.09 Å². The van der Waals surface area contributed by atoms with E-state index in [9.17, 15) is 9.59 Å². The van der Waals surface area contributed by atoms with Crippen molar-refractivity contribution < 1.29 is 18.7 Å². The Labute approximate surface area is 183 Å². The standard InChI is InChI=1S/C24H31N3O4/c1-24(2,3)15-30-23(29)26-12-10-20(11-13-26)27(19-8-9-19)22(28)18-6-4-17(5-7-18)21-14-25-16-31-21/h4-7,14,16,19-20H,8-13,15H2,1-3H3. The molecule has 1 aromatic carbocycles. The van der Waals surface area contributed by atoms with Crippen molar-refractivity contribution in [3.63, 3.8) is 0 Å². The van der Waals surface area contributed by atoms with E-state index < -0.39 is 0 Å². The summed E-state index contributed by atoms with van der Waals surface area (Å²) in [4.78, 5) is 33.5. The van der Waals surface area contributed by atoms with Crippen molar-refractivity contribution in [3.05, 3.63) is 42.4 Å². The number of carbonyl (C=O) groups excluding carboxylic acids is 2. The van der Waals surface area contributed by atoms with Crippen molar-refractivity contribution in [1.29, 1.82) is 0 Å². The summed E-state index contributed by atoms with van der Waals surface area (Å²) in [6.45, 7) is 7.78. The maximum absolute atomic E-state index is 13.3. The van der Waals surface area contributed by atoms with Crippen LogP contribution in [0.15, 0.2) is 41.3 Å². The predicted molar refractivity (Wildman–Crippen MR) is 117 cm³/mol. The van der Waals surface area contributed by atoms with Gasteiger partial charge in [0.25, 0.3) is 5.91 Å². The Morgan fingerprint density at radius 3 is 2.29 bits per heavy atom. The summed E-state index contributed by atoms with van der Waals surface area (Å²) < 4.78 is 10.8. The van der Waals surface area contributed by atoms with E-state index in [1.807, 2.05) is 45.0 Å². The molecule has 2 fully saturated rings. The third-order valence-electron chi connectivity index (χ3n) is 5.77. The Balaban J connectivity index is 1.37. The van der Waals surface area contributed by atoms with Crippen LogP contribution in [0.5, 0.6) is 0 Å². The molecule has 0 N–H and O–H groups in total. The van der Waals surface area contributed by atoms with Crippen LogP contribution in [-0.2, 0) is 4.74 Å². The number of rotatable bonds is 5. The lowest BCUT2D eigenvalue weighted by atomic mass is 9.99. The molecule has 0 radical (unpaired) electrons. The monoisotopic (exact) mass is 425 g/mol. The number of likely N-dealkylation sites (tertiary alicyclic amines) is 1. The summed E-state index contributed by atoms with van der Waals surface area (Å²) in [5, 5.41) is 0. The first-order valence-corrected chi connectivity index (χ1v) is 11.0. The number of nitrogens with zero attached hydrogens (tertiary/aromatic N) is 3. The molecule has 0 atom stereocenters. The Bertz CT molecular complexity index is 890. The quantitative estimate of drug-likeness (QED) is 0.700. The number of carbonyl (C=O) groups is 2. The van der Waals surface area contributed by atoms with Crippen molar-refractivity contribution in [2.75, 3.05) is 19.7 Å². The van der Waals surface area contributed by atoms with Gasteiger partial charge in [-0.1, -0.05) is 32.9 Å². The van der Waals surface area contributed by atoms with Crippen LogP contribution in [-0.4, -0.2) is 58.6 Å². The lowest BCUT2D eigenvalue weighted by Crippen LogP contribution is -2.50. The third-order valence-corrected chi connectivity index (χ3v) is 5.77. The fourth-order valence-electron chi connectivity index (χ4n) is 3.96. The van der Waals surface area contributed by atoms with E-state index in [1.165, 1.54) is 6.39 Å². The highest BCUT2D eigenvalue weighted by Crippen LogP contribution is 2.33. The summed E-state index contributed by atoms with van der Waals surface area (Å²) in [6, 6.07) is 7.97. The molecule has 166 valence electrons. The van der Waals surface area contributed by atoms with Gasteiger partial charge in [0.05, 0.1) is 12.8 Å². The minimum absolute atomic E-state index is 0.0494. The first-order chi connectivity index (χ1) is 14.8. The summed E-state index contributed by atoms with van der Waals surface area (Å²) in [6.07, 6.45) is 6.47. The zero-order valence-electron chi connectivity index (χ0n) is 18.5. The molecule has 2 aliphatic rings. The van der Waals surface area contributed by atoms with Crippen molar-refractivity contribution in [3.8, 4) is 11.3 Å². The molecule has 1 saturated heterocycles. The SMILES string of the molecule is CC(C)(C)COC(=O)N1CCC(N(C(=O)c2ccc(-c3cnco3)cc2)C2CC2)CC1. The number of hydrogen-bond donors (Lipinski definition) is 0. The first kappa shape index (κ1) is 21.4. The molecule has 4 rings (SSSR count). The number of aromatic nitrogens is 1. The highest BCUT2D eigenvalue weighted by Gasteiger charge is 2.39. The number of hydrogen-bond acceptors (Lipinski definition) is 5. The minimum atomic E-state index is -0.249. The van der Waals surface area contributed by atoms with Gasteiger partial charge in [0, 0.05) is 36.3 Å². The highest BCUT2D eigenvalue weighted by molar-refractivity contribution is 5.95. The fraction of sp³-hybridized carbons (Fsp3) is 0.542. The molecule has 1 saturated carbocycles. The average Bonchev–Trinajstić information content (AvgIpc) is 3.43. The Hall–Kier alpha value is -2.83. The van der Waals surface area contributed by atoms with Gasteiger partial charge in [-0.25, -0.2) is 9.78 Å². The number of ether oxygens (including phenoxy) is 1. The molecule has 2 aromatic rings. The van der Waals surface area contributed by atoms with E-state index in [-0.39, 0.29) is 23.5 Å². The van der Waals surface area contributed by atoms with E-state index in [0.717, 1.165) is 31.2 Å². The van der Waals surface area contributed by atoms with Gasteiger partial charge in [-0.2, -0.15) is 0 Å². The summed E-state index contributed by atoms with van der Waals surface area (Å²) in [5.41, 5.74) is 1.53. The van der Waals surface area contributed by atoms with Gasteiger partial charge in [0.2, 0.25) is 0 Å². The van der Waals surface area contributed by atoms with Gasteiger partial charge in [0.15, 0.2) is 12.2 Å². The molecule has 7 nitrogen and oxygen atoms in total. The molecule has 1 aromatic heterocycles. The molecule has 2 heterocycles. The molecule has 0 bridgehead atoms. The van der Waals surface area contributed by atoms with Crippen molar-refractivity contribution >= 4 is 12.0 Å². The topological polar surface area (TPSA) is 75.9 Å². The number of amides is 2. The second-order valence-corrected chi connectivity index (χ2v) is 9.72. The van der Waals surface area contributed by atoms with Crippen LogP contribution in [0.1, 0.15) is 56.8 Å². The van der Waals surface area contributed by atoms with Crippen LogP contribution < -0.4 is 0 Å². The molecule has 1 aliphatic carbocycles. The molecular formula is C24H31N3O4. The second kappa shape index (κ2) is 8.73. The van der Waals surface area contributed by atoms with Gasteiger partial charge in [-0.15, -0.1) is 0 Å². The summed E-state index contributed by atoms with van der Waals surface area (Å²) in [7, 11) is 0. The van der Waals surface area contributed by atoms with E-state index in [4.69, 9.17) is 9.15 Å². The van der Waals surface area contributed by atoms with Crippen LogP contribution in [0.4, 0.5) is 4.79 Å².